The van der Waals surface area contributed by atoms with Crippen LogP contribution in [0.1, 0.15) is 0 Å². The molecule has 0 aliphatic carbocycles. The number of aromatic nitrogens is 1. The highest BCUT2D eigenvalue weighted by molar-refractivity contribution is 5.64. The van der Waals surface area contributed by atoms with E-state index in [-0.39, 0.29) is 6.61 Å². The molecule has 7 nitrogen and oxygen atoms in total. The molecule has 1 aromatic heterocycles. The maximum Gasteiger partial charge on any atom is 0.404 e. The van der Waals surface area contributed by atoms with E-state index in [9.17, 15) is 4.79 Å². The van der Waals surface area contributed by atoms with Gasteiger partial charge in [0.25, 0.3) is 0 Å². The lowest BCUT2D eigenvalue weighted by Crippen LogP contribution is -2.18. The Balaban J connectivity index is 2.33. The average molecular weight is 211 g/mol. The molecule has 0 radical (unpaired) electrons. The molecule has 0 spiro atoms. The highest BCUT2D eigenvalue weighted by Gasteiger charge is 1.96. The number of pyridine rings is 1. The molecule has 15 heavy (non-hydrogen) atoms. The molecule has 1 heterocycles. The van der Waals surface area contributed by atoms with Gasteiger partial charge >= 0.3 is 6.09 Å². The predicted molar refractivity (Wildman–Crippen MR) is 56.1 cm³/mol. The topological polar surface area (TPSA) is 115 Å². The molecule has 6 N–H and O–H groups in total. The lowest BCUT2D eigenvalue weighted by molar-refractivity contribution is 0.161. The van der Waals surface area contributed by atoms with Crippen molar-refractivity contribution in [2.75, 3.05) is 23.9 Å². The Morgan fingerprint density at radius 1 is 1.47 bits per heavy atom. The first-order valence-corrected chi connectivity index (χ1v) is 4.32. The third-order valence-electron chi connectivity index (χ3n) is 1.55. The number of hydrazine groups is 1. The first kappa shape index (κ1) is 11.1. The monoisotopic (exact) mass is 211 g/mol. The average Bonchev–Trinajstić information content (AvgIpc) is 2.24. The number of hydrogen-bond donors (Lipinski definition) is 4. The van der Waals surface area contributed by atoms with Gasteiger partial charge in [-0.15, -0.1) is 0 Å². The van der Waals surface area contributed by atoms with Gasteiger partial charge in [-0.05, 0) is 12.1 Å². The molecule has 0 saturated heterocycles. The number of nitrogens with zero attached hydrogens (tertiary/aromatic N) is 1. The van der Waals surface area contributed by atoms with E-state index in [1.165, 1.54) is 0 Å². The Morgan fingerprint density at radius 2 is 2.20 bits per heavy atom. The normalized spacial score (nSPS) is 9.40. The fourth-order valence-electron chi connectivity index (χ4n) is 0.944. The lowest BCUT2D eigenvalue weighted by Gasteiger charge is -2.06. The summed E-state index contributed by atoms with van der Waals surface area (Å²) in [6, 6.07) is 5.29. The van der Waals surface area contributed by atoms with Crippen molar-refractivity contribution < 1.29 is 9.53 Å². The van der Waals surface area contributed by atoms with E-state index in [1.54, 1.807) is 18.2 Å². The molecule has 0 atom stereocenters. The molecule has 0 fully saturated rings. The predicted octanol–water partition coefficient (Wildman–Crippen LogP) is -0.126. The van der Waals surface area contributed by atoms with E-state index in [0.29, 0.717) is 18.2 Å². The Morgan fingerprint density at radius 3 is 2.87 bits per heavy atom. The van der Waals surface area contributed by atoms with Gasteiger partial charge in [0.2, 0.25) is 0 Å². The van der Waals surface area contributed by atoms with Crippen LogP contribution in [-0.2, 0) is 4.74 Å². The minimum atomic E-state index is -0.790. The Labute approximate surface area is 86.8 Å². The van der Waals surface area contributed by atoms with Crippen LogP contribution in [-0.4, -0.2) is 24.2 Å². The number of hydrogen-bond acceptors (Lipinski definition) is 6. The lowest BCUT2D eigenvalue weighted by atomic mass is 10.4. The molecule has 0 aliphatic heterocycles. The molecule has 0 unspecified atom stereocenters. The van der Waals surface area contributed by atoms with Gasteiger partial charge in [-0.2, -0.15) is 0 Å². The summed E-state index contributed by atoms with van der Waals surface area (Å²) >= 11 is 0. The number of rotatable bonds is 5. The van der Waals surface area contributed by atoms with Gasteiger partial charge < -0.3 is 21.2 Å². The first-order valence-electron chi connectivity index (χ1n) is 4.32. The quantitative estimate of drug-likeness (QED) is 0.306. The van der Waals surface area contributed by atoms with Crippen LogP contribution in [0.5, 0.6) is 0 Å². The van der Waals surface area contributed by atoms with E-state index >= 15 is 0 Å². The number of amides is 1. The van der Waals surface area contributed by atoms with Gasteiger partial charge in [-0.25, -0.2) is 15.6 Å². The summed E-state index contributed by atoms with van der Waals surface area (Å²) in [4.78, 5) is 14.3. The largest absolute Gasteiger partial charge is 0.448 e. The summed E-state index contributed by atoms with van der Waals surface area (Å²) in [5.74, 6) is 6.38. The van der Waals surface area contributed by atoms with Crippen LogP contribution in [0.3, 0.4) is 0 Å². The molecular weight excluding hydrogens is 198 g/mol. The number of nitrogen functional groups attached to an aromatic ring is 1. The van der Waals surface area contributed by atoms with Gasteiger partial charge in [0.15, 0.2) is 0 Å². The van der Waals surface area contributed by atoms with Crippen molar-refractivity contribution in [3.63, 3.8) is 0 Å². The fraction of sp³-hybridized carbons (Fsp3) is 0.250. The SMILES string of the molecule is NNc1cccc(NCCOC(N)=O)n1. The molecule has 7 heteroatoms. The molecule has 1 rings (SSSR count). The van der Waals surface area contributed by atoms with Gasteiger partial charge in [0.1, 0.15) is 18.2 Å². The van der Waals surface area contributed by atoms with Crippen molar-refractivity contribution in [3.8, 4) is 0 Å². The summed E-state index contributed by atoms with van der Waals surface area (Å²) in [7, 11) is 0. The highest BCUT2D eigenvalue weighted by atomic mass is 16.5. The van der Waals surface area contributed by atoms with Crippen LogP contribution in [0.15, 0.2) is 18.2 Å². The summed E-state index contributed by atoms with van der Waals surface area (Å²) in [5, 5.41) is 2.94. The highest BCUT2D eigenvalue weighted by Crippen LogP contribution is 2.06. The number of nitrogens with one attached hydrogen (secondary N) is 2. The van der Waals surface area contributed by atoms with Crippen LogP contribution < -0.4 is 22.3 Å². The minimum absolute atomic E-state index is 0.192. The number of carbonyl (C=O) groups excluding carboxylic acids is 1. The van der Waals surface area contributed by atoms with Crippen molar-refractivity contribution in [2.24, 2.45) is 11.6 Å². The summed E-state index contributed by atoms with van der Waals surface area (Å²) < 4.78 is 4.53. The zero-order chi connectivity index (χ0) is 11.1. The number of ether oxygens (including phenoxy) is 1. The van der Waals surface area contributed by atoms with Gasteiger partial charge in [-0.1, -0.05) is 6.07 Å². The second-order valence-corrected chi connectivity index (χ2v) is 2.65. The van der Waals surface area contributed by atoms with Crippen LogP contribution >= 0.6 is 0 Å². The van der Waals surface area contributed by atoms with E-state index in [4.69, 9.17) is 11.6 Å². The maximum absolute atomic E-state index is 10.2. The second kappa shape index (κ2) is 5.66. The van der Waals surface area contributed by atoms with E-state index in [0.717, 1.165) is 0 Å². The van der Waals surface area contributed by atoms with Gasteiger partial charge in [0.05, 0.1) is 6.54 Å². The minimum Gasteiger partial charge on any atom is -0.448 e. The van der Waals surface area contributed by atoms with Crippen molar-refractivity contribution in [1.82, 2.24) is 4.98 Å². The number of primary amides is 1. The Kier molecular flexibility index (Phi) is 4.17. The van der Waals surface area contributed by atoms with Crippen molar-refractivity contribution in [1.29, 1.82) is 0 Å². The van der Waals surface area contributed by atoms with Gasteiger partial charge in [-0.3, -0.25) is 0 Å². The molecule has 0 aromatic carbocycles. The zero-order valence-corrected chi connectivity index (χ0v) is 8.06. The number of anilines is 2. The van der Waals surface area contributed by atoms with Crippen LogP contribution in [0, 0.1) is 0 Å². The van der Waals surface area contributed by atoms with E-state index in [2.05, 4.69) is 20.5 Å². The third kappa shape index (κ3) is 4.14. The van der Waals surface area contributed by atoms with Crippen LogP contribution in [0.25, 0.3) is 0 Å². The maximum atomic E-state index is 10.2. The summed E-state index contributed by atoms with van der Waals surface area (Å²) in [6.07, 6.45) is -0.790. The van der Waals surface area contributed by atoms with Crippen molar-refractivity contribution >= 4 is 17.7 Å². The second-order valence-electron chi connectivity index (χ2n) is 2.65. The molecule has 1 aromatic rings. The van der Waals surface area contributed by atoms with Gasteiger partial charge in [0, 0.05) is 0 Å². The smallest absolute Gasteiger partial charge is 0.404 e. The summed E-state index contributed by atoms with van der Waals surface area (Å²) in [6.45, 7) is 0.626. The molecule has 0 bridgehead atoms. The Hall–Kier alpha value is -2.02. The molecule has 0 saturated carbocycles. The van der Waals surface area contributed by atoms with Crippen LogP contribution in [0.4, 0.5) is 16.4 Å². The van der Waals surface area contributed by atoms with E-state index in [1.807, 2.05) is 0 Å². The van der Waals surface area contributed by atoms with Crippen molar-refractivity contribution in [3.05, 3.63) is 18.2 Å². The number of nitrogens with two attached hydrogens (primary N) is 2. The van der Waals surface area contributed by atoms with E-state index < -0.39 is 6.09 Å². The van der Waals surface area contributed by atoms with Crippen molar-refractivity contribution in [2.45, 2.75) is 0 Å². The molecule has 1 amide bonds. The molecule has 0 aliphatic rings. The third-order valence-corrected chi connectivity index (χ3v) is 1.55. The number of carbonyl (C=O) groups is 1. The standard InChI is InChI=1S/C8H13N5O2/c9-8(14)15-5-4-11-6-2-1-3-7(12-6)13-10/h1-3H,4-5,10H2,(H2,9,14)(H2,11,12,13). The Bertz CT molecular complexity index is 331. The van der Waals surface area contributed by atoms with Crippen LogP contribution in [0.2, 0.25) is 0 Å². The molecular formula is C8H13N5O2. The molecule has 82 valence electrons. The fourth-order valence-corrected chi connectivity index (χ4v) is 0.944. The first-order chi connectivity index (χ1) is 7.22. The summed E-state index contributed by atoms with van der Waals surface area (Å²) in [5.41, 5.74) is 7.21. The zero-order valence-electron chi connectivity index (χ0n) is 8.06.